The lowest BCUT2D eigenvalue weighted by molar-refractivity contribution is -0.133. The average Bonchev–Trinajstić information content (AvgIpc) is 3.05. The van der Waals surface area contributed by atoms with Crippen LogP contribution in [0.1, 0.15) is 36.8 Å². The number of benzene rings is 1. The number of nitrogens with zero attached hydrogens (tertiary/aromatic N) is 1. The van der Waals surface area contributed by atoms with Gasteiger partial charge in [-0.2, -0.15) is 0 Å². The molecule has 3 rings (SSSR count). The molecule has 1 saturated carbocycles. The highest BCUT2D eigenvalue weighted by Gasteiger charge is 2.52. The van der Waals surface area contributed by atoms with E-state index in [1.165, 1.54) is 0 Å². The van der Waals surface area contributed by atoms with E-state index in [1.807, 2.05) is 32.0 Å². The smallest absolute Gasteiger partial charge is 0.324 e. The second-order valence-electron chi connectivity index (χ2n) is 6.48. The number of urea groups is 1. The van der Waals surface area contributed by atoms with E-state index in [4.69, 9.17) is 0 Å². The molecule has 122 valence electrons. The monoisotopic (exact) mass is 315 g/mol. The highest BCUT2D eigenvalue weighted by Crippen LogP contribution is 2.34. The molecule has 1 heterocycles. The van der Waals surface area contributed by atoms with Crippen LogP contribution in [0.2, 0.25) is 0 Å². The van der Waals surface area contributed by atoms with E-state index in [0.29, 0.717) is 18.5 Å². The molecule has 2 aliphatic rings. The summed E-state index contributed by atoms with van der Waals surface area (Å²) >= 11 is 0. The van der Waals surface area contributed by atoms with Crippen molar-refractivity contribution in [1.82, 2.24) is 10.2 Å². The molecular formula is C17H21N3O3. The van der Waals surface area contributed by atoms with Crippen molar-refractivity contribution in [2.75, 3.05) is 11.9 Å². The topological polar surface area (TPSA) is 78.5 Å². The molecule has 4 amide bonds. The predicted octanol–water partition coefficient (Wildman–Crippen LogP) is 2.11. The molecule has 1 aliphatic carbocycles. The Morgan fingerprint density at radius 3 is 2.65 bits per heavy atom. The van der Waals surface area contributed by atoms with Crippen LogP contribution < -0.4 is 10.6 Å². The van der Waals surface area contributed by atoms with E-state index in [9.17, 15) is 14.4 Å². The third-order valence-corrected chi connectivity index (χ3v) is 4.67. The Bertz CT molecular complexity index is 678. The van der Waals surface area contributed by atoms with Crippen LogP contribution in [0.25, 0.3) is 0 Å². The number of amides is 4. The van der Waals surface area contributed by atoms with Gasteiger partial charge in [0.1, 0.15) is 12.1 Å². The molecule has 1 saturated heterocycles. The van der Waals surface area contributed by atoms with Gasteiger partial charge in [0.25, 0.3) is 5.91 Å². The first-order valence-corrected chi connectivity index (χ1v) is 7.92. The van der Waals surface area contributed by atoms with E-state index in [1.54, 1.807) is 0 Å². The molecule has 0 radical (unpaired) electrons. The lowest BCUT2D eigenvalue weighted by Crippen LogP contribution is -2.44. The molecule has 0 aromatic heterocycles. The largest absolute Gasteiger partial charge is 0.325 e. The first kappa shape index (κ1) is 15.5. The summed E-state index contributed by atoms with van der Waals surface area (Å²) in [6.07, 6.45) is 3.17. The SMILES string of the molecule is Cc1ccc(C)c(NC(=O)CN2C(=O)NC3(CCCC3)C2=O)c1. The lowest BCUT2D eigenvalue weighted by Gasteiger charge is -2.20. The fraction of sp³-hybridized carbons (Fsp3) is 0.471. The number of nitrogens with one attached hydrogen (secondary N) is 2. The molecule has 0 bridgehead atoms. The summed E-state index contributed by atoms with van der Waals surface area (Å²) in [5, 5.41) is 5.56. The van der Waals surface area contributed by atoms with Gasteiger partial charge in [-0.05, 0) is 43.9 Å². The lowest BCUT2D eigenvalue weighted by atomic mass is 9.98. The van der Waals surface area contributed by atoms with Crippen LogP contribution in [-0.2, 0) is 9.59 Å². The number of hydrogen-bond donors (Lipinski definition) is 2. The van der Waals surface area contributed by atoms with Crippen molar-refractivity contribution in [1.29, 1.82) is 0 Å². The van der Waals surface area contributed by atoms with E-state index >= 15 is 0 Å². The molecule has 6 heteroatoms. The standard InChI is InChI=1S/C17H21N3O3/c1-11-5-6-12(2)13(9-11)18-14(21)10-20-15(22)17(19-16(20)23)7-3-4-8-17/h5-6,9H,3-4,7-8,10H2,1-2H3,(H,18,21)(H,19,23). The molecule has 1 aromatic carbocycles. The molecule has 1 aromatic rings. The second kappa shape index (κ2) is 5.68. The molecule has 1 spiro atoms. The molecule has 2 N–H and O–H groups in total. The Kier molecular flexibility index (Phi) is 3.83. The number of carbonyl (C=O) groups excluding carboxylic acids is 3. The third kappa shape index (κ3) is 2.81. The molecule has 0 unspecified atom stereocenters. The molecule has 0 atom stereocenters. The number of rotatable bonds is 3. The molecule has 23 heavy (non-hydrogen) atoms. The zero-order valence-corrected chi connectivity index (χ0v) is 13.4. The van der Waals surface area contributed by atoms with Crippen molar-refractivity contribution in [3.8, 4) is 0 Å². The highest BCUT2D eigenvalue weighted by molar-refractivity contribution is 6.10. The molecule has 6 nitrogen and oxygen atoms in total. The maximum atomic E-state index is 12.5. The fourth-order valence-corrected chi connectivity index (χ4v) is 3.34. The Morgan fingerprint density at radius 1 is 1.26 bits per heavy atom. The van der Waals surface area contributed by atoms with Crippen molar-refractivity contribution in [3.63, 3.8) is 0 Å². The van der Waals surface area contributed by atoms with Crippen molar-refractivity contribution < 1.29 is 14.4 Å². The van der Waals surface area contributed by atoms with Crippen LogP contribution in [0.4, 0.5) is 10.5 Å². The van der Waals surface area contributed by atoms with Crippen molar-refractivity contribution >= 4 is 23.5 Å². The van der Waals surface area contributed by atoms with Gasteiger partial charge in [-0.3, -0.25) is 14.5 Å². The van der Waals surface area contributed by atoms with Gasteiger partial charge < -0.3 is 10.6 Å². The van der Waals surface area contributed by atoms with Crippen molar-refractivity contribution in [2.45, 2.75) is 45.1 Å². The van der Waals surface area contributed by atoms with E-state index in [0.717, 1.165) is 28.9 Å². The van der Waals surface area contributed by atoms with Gasteiger partial charge in [-0.15, -0.1) is 0 Å². The van der Waals surface area contributed by atoms with Gasteiger partial charge in [0.2, 0.25) is 5.91 Å². The second-order valence-corrected chi connectivity index (χ2v) is 6.48. The van der Waals surface area contributed by atoms with E-state index < -0.39 is 11.6 Å². The van der Waals surface area contributed by atoms with Crippen LogP contribution in [0.3, 0.4) is 0 Å². The third-order valence-electron chi connectivity index (χ3n) is 4.67. The fourth-order valence-electron chi connectivity index (χ4n) is 3.34. The molecular weight excluding hydrogens is 294 g/mol. The Labute approximate surface area is 135 Å². The highest BCUT2D eigenvalue weighted by atomic mass is 16.2. The van der Waals surface area contributed by atoms with Crippen LogP contribution in [-0.4, -0.2) is 34.8 Å². The number of anilines is 1. The van der Waals surface area contributed by atoms with Gasteiger partial charge in [0.05, 0.1) is 0 Å². The average molecular weight is 315 g/mol. The maximum absolute atomic E-state index is 12.5. The van der Waals surface area contributed by atoms with Crippen LogP contribution in [0.5, 0.6) is 0 Å². The first-order chi connectivity index (χ1) is 10.9. The Morgan fingerprint density at radius 2 is 1.96 bits per heavy atom. The number of carbonyl (C=O) groups is 3. The predicted molar refractivity (Wildman–Crippen MR) is 86.0 cm³/mol. The minimum atomic E-state index is -0.767. The van der Waals surface area contributed by atoms with Crippen molar-refractivity contribution in [2.24, 2.45) is 0 Å². The first-order valence-electron chi connectivity index (χ1n) is 7.92. The summed E-state index contributed by atoms with van der Waals surface area (Å²) in [6, 6.07) is 5.30. The minimum absolute atomic E-state index is 0.250. The zero-order valence-electron chi connectivity index (χ0n) is 13.4. The summed E-state index contributed by atoms with van der Waals surface area (Å²) < 4.78 is 0. The number of imide groups is 1. The normalized spacial score (nSPS) is 19.3. The van der Waals surface area contributed by atoms with Crippen LogP contribution in [0.15, 0.2) is 18.2 Å². The quantitative estimate of drug-likeness (QED) is 0.839. The van der Waals surface area contributed by atoms with Gasteiger partial charge in [-0.1, -0.05) is 25.0 Å². The number of hydrogen-bond acceptors (Lipinski definition) is 3. The molecule has 1 aliphatic heterocycles. The summed E-state index contributed by atoms with van der Waals surface area (Å²) in [5.41, 5.74) is 1.91. The van der Waals surface area contributed by atoms with E-state index in [-0.39, 0.29) is 18.4 Å². The van der Waals surface area contributed by atoms with Gasteiger partial charge in [-0.25, -0.2) is 4.79 Å². The summed E-state index contributed by atoms with van der Waals surface area (Å²) in [4.78, 5) is 37.9. The summed E-state index contributed by atoms with van der Waals surface area (Å²) in [7, 11) is 0. The number of aryl methyl sites for hydroxylation is 2. The summed E-state index contributed by atoms with van der Waals surface area (Å²) in [5.74, 6) is -0.631. The van der Waals surface area contributed by atoms with Crippen LogP contribution in [0, 0.1) is 13.8 Å². The Balaban J connectivity index is 1.69. The Hall–Kier alpha value is -2.37. The van der Waals surface area contributed by atoms with Crippen LogP contribution >= 0.6 is 0 Å². The maximum Gasteiger partial charge on any atom is 0.325 e. The van der Waals surface area contributed by atoms with Gasteiger partial charge in [0.15, 0.2) is 0 Å². The van der Waals surface area contributed by atoms with Gasteiger partial charge in [0, 0.05) is 5.69 Å². The van der Waals surface area contributed by atoms with E-state index in [2.05, 4.69) is 10.6 Å². The minimum Gasteiger partial charge on any atom is -0.324 e. The zero-order chi connectivity index (χ0) is 16.6. The van der Waals surface area contributed by atoms with Crippen molar-refractivity contribution in [3.05, 3.63) is 29.3 Å². The summed E-state index contributed by atoms with van der Waals surface area (Å²) in [6.45, 7) is 3.59. The van der Waals surface area contributed by atoms with Gasteiger partial charge >= 0.3 is 6.03 Å². The molecule has 2 fully saturated rings.